The molecule has 0 aliphatic heterocycles. The molecule has 0 aliphatic rings. The van der Waals surface area contributed by atoms with Crippen molar-refractivity contribution in [3.05, 3.63) is 129 Å². The minimum absolute atomic E-state index is 0.0136. The molecule has 0 saturated heterocycles. The first-order valence-corrected chi connectivity index (χ1v) is 15.5. The van der Waals surface area contributed by atoms with E-state index in [0.717, 1.165) is 9.87 Å². The average Bonchev–Trinajstić information content (AvgIpc) is 3.00. The Hall–Kier alpha value is -3.56. The summed E-state index contributed by atoms with van der Waals surface area (Å²) in [5.41, 5.74) is 1.69. The number of halogens is 3. The Morgan fingerprint density at radius 1 is 0.786 bits per heavy atom. The van der Waals surface area contributed by atoms with Gasteiger partial charge in [-0.3, -0.25) is 13.9 Å². The fraction of sp³-hybridized carbons (Fsp3) is 0.161. The van der Waals surface area contributed by atoms with Crippen molar-refractivity contribution in [2.24, 2.45) is 0 Å². The quantitative estimate of drug-likeness (QED) is 0.210. The van der Waals surface area contributed by atoms with Crippen molar-refractivity contribution in [1.29, 1.82) is 0 Å². The lowest BCUT2D eigenvalue weighted by Crippen LogP contribution is -2.53. The molecule has 1 atom stereocenters. The summed E-state index contributed by atoms with van der Waals surface area (Å²) in [5, 5.41) is 3.53. The highest BCUT2D eigenvalue weighted by atomic mass is 35.5. The van der Waals surface area contributed by atoms with Crippen molar-refractivity contribution in [2.75, 3.05) is 17.9 Å². The lowest BCUT2D eigenvalue weighted by molar-refractivity contribution is -0.139. The lowest BCUT2D eigenvalue weighted by Gasteiger charge is -2.33. The van der Waals surface area contributed by atoms with Crippen molar-refractivity contribution in [3.63, 3.8) is 0 Å². The lowest BCUT2D eigenvalue weighted by atomic mass is 10.0. The van der Waals surface area contributed by atoms with Crippen LogP contribution in [0.4, 0.5) is 5.69 Å². The molecule has 4 aromatic rings. The number of sulfonamides is 1. The highest BCUT2D eigenvalue weighted by Crippen LogP contribution is 2.31. The summed E-state index contributed by atoms with van der Waals surface area (Å²) in [5.74, 6) is -0.992. The largest absolute Gasteiger partial charge is 0.357 e. The van der Waals surface area contributed by atoms with Gasteiger partial charge in [0.25, 0.3) is 10.0 Å². The van der Waals surface area contributed by atoms with E-state index in [0.29, 0.717) is 10.6 Å². The number of hydrogen-bond acceptors (Lipinski definition) is 4. The van der Waals surface area contributed by atoms with E-state index in [2.05, 4.69) is 5.32 Å². The predicted molar refractivity (Wildman–Crippen MR) is 167 cm³/mol. The average molecular weight is 645 g/mol. The van der Waals surface area contributed by atoms with Crippen LogP contribution in [0.3, 0.4) is 0 Å². The van der Waals surface area contributed by atoms with Crippen LogP contribution in [0.25, 0.3) is 0 Å². The van der Waals surface area contributed by atoms with Crippen molar-refractivity contribution >= 4 is 62.3 Å². The molecule has 0 saturated carbocycles. The Kier molecular flexibility index (Phi) is 10.5. The molecule has 0 radical (unpaired) electrons. The zero-order valence-corrected chi connectivity index (χ0v) is 25.7. The van der Waals surface area contributed by atoms with E-state index in [9.17, 15) is 18.0 Å². The van der Waals surface area contributed by atoms with Gasteiger partial charge in [0.1, 0.15) is 12.6 Å². The number of amides is 2. The van der Waals surface area contributed by atoms with Gasteiger partial charge in [-0.1, -0.05) is 95.5 Å². The third-order valence-electron chi connectivity index (χ3n) is 6.58. The molecule has 4 aromatic carbocycles. The number of rotatable bonds is 11. The molecule has 0 aromatic heterocycles. The van der Waals surface area contributed by atoms with Crippen LogP contribution >= 0.6 is 34.8 Å². The van der Waals surface area contributed by atoms with Crippen LogP contribution in [0.15, 0.2) is 108 Å². The molecule has 42 heavy (non-hydrogen) atoms. The first kappa shape index (κ1) is 31.4. The minimum atomic E-state index is -4.24. The smallest absolute Gasteiger partial charge is 0.264 e. The molecule has 1 N–H and O–H groups in total. The third kappa shape index (κ3) is 7.63. The number of nitrogens with zero attached hydrogens (tertiary/aromatic N) is 2. The van der Waals surface area contributed by atoms with Gasteiger partial charge in [-0.15, -0.1) is 0 Å². The highest BCUT2D eigenvalue weighted by Gasteiger charge is 2.34. The van der Waals surface area contributed by atoms with Gasteiger partial charge in [-0.05, 0) is 53.6 Å². The number of carbonyl (C=O) groups is 2. The summed E-state index contributed by atoms with van der Waals surface area (Å²) in [6, 6.07) is 27.3. The third-order valence-corrected chi connectivity index (χ3v) is 9.36. The second-order valence-electron chi connectivity index (χ2n) is 9.39. The standard InChI is InChI=1S/C31H28Cl3N3O4S/c1-35-31(39)29(18-22-8-4-2-5-9-22)36(20-23-12-14-24(32)15-13-23)30(38)21-37(25-16-17-27(33)28(34)19-25)42(40,41)26-10-6-3-7-11-26/h2-17,19,29H,18,20-21H2,1H3,(H,35,39). The Bertz CT molecular complexity index is 1640. The molecule has 4 rings (SSSR count). The van der Waals surface area contributed by atoms with Gasteiger partial charge < -0.3 is 10.2 Å². The summed E-state index contributed by atoms with van der Waals surface area (Å²) < 4.78 is 28.8. The molecule has 7 nitrogen and oxygen atoms in total. The van der Waals surface area contributed by atoms with Crippen LogP contribution in [0, 0.1) is 0 Å². The first-order valence-electron chi connectivity index (χ1n) is 12.9. The summed E-state index contributed by atoms with van der Waals surface area (Å²) in [7, 11) is -2.74. The number of hydrogen-bond donors (Lipinski definition) is 1. The number of nitrogens with one attached hydrogen (secondary N) is 1. The maximum Gasteiger partial charge on any atom is 0.264 e. The monoisotopic (exact) mass is 643 g/mol. The van der Waals surface area contributed by atoms with Crippen molar-refractivity contribution in [1.82, 2.24) is 10.2 Å². The SMILES string of the molecule is CNC(=O)C(Cc1ccccc1)N(Cc1ccc(Cl)cc1)C(=O)CN(c1ccc(Cl)c(Cl)c1)S(=O)(=O)c1ccccc1. The maximum absolute atomic E-state index is 14.2. The zero-order valence-electron chi connectivity index (χ0n) is 22.6. The molecular formula is C31H28Cl3N3O4S. The highest BCUT2D eigenvalue weighted by molar-refractivity contribution is 7.92. The molecule has 0 fully saturated rings. The molecule has 1 unspecified atom stereocenters. The van der Waals surface area contributed by atoms with Gasteiger partial charge in [-0.25, -0.2) is 8.42 Å². The molecule has 0 heterocycles. The Labute approximate surface area is 260 Å². The second-order valence-corrected chi connectivity index (χ2v) is 12.5. The summed E-state index contributed by atoms with van der Waals surface area (Å²) in [6.45, 7) is -0.577. The number of likely N-dealkylation sites (N-methyl/N-ethyl adjacent to an activating group) is 1. The van der Waals surface area contributed by atoms with Crippen LogP contribution in [-0.4, -0.2) is 44.8 Å². The maximum atomic E-state index is 14.2. The van der Waals surface area contributed by atoms with Gasteiger partial charge in [0.05, 0.1) is 20.6 Å². The molecule has 0 bridgehead atoms. The summed E-state index contributed by atoms with van der Waals surface area (Å²) >= 11 is 18.5. The normalized spacial score (nSPS) is 11.9. The summed E-state index contributed by atoms with van der Waals surface area (Å²) in [6.07, 6.45) is 0.206. The number of carbonyl (C=O) groups excluding carboxylic acids is 2. The fourth-order valence-electron chi connectivity index (χ4n) is 4.40. The minimum Gasteiger partial charge on any atom is -0.357 e. The van der Waals surface area contributed by atoms with E-state index in [1.807, 2.05) is 30.3 Å². The van der Waals surface area contributed by atoms with E-state index >= 15 is 0 Å². The zero-order chi connectivity index (χ0) is 30.3. The Morgan fingerprint density at radius 3 is 2.00 bits per heavy atom. The topological polar surface area (TPSA) is 86.8 Å². The molecule has 0 spiro atoms. The van der Waals surface area contributed by atoms with Crippen LogP contribution in [0.5, 0.6) is 0 Å². The van der Waals surface area contributed by atoms with Gasteiger partial charge in [0.15, 0.2) is 0 Å². The fourth-order valence-corrected chi connectivity index (χ4v) is 6.24. The Balaban J connectivity index is 1.79. The molecule has 0 aliphatic carbocycles. The van der Waals surface area contributed by atoms with Crippen LogP contribution in [0.1, 0.15) is 11.1 Å². The molecule has 11 heteroatoms. The molecule has 218 valence electrons. The van der Waals surface area contributed by atoms with Crippen LogP contribution in [0.2, 0.25) is 15.1 Å². The number of anilines is 1. The van der Waals surface area contributed by atoms with Crippen LogP contribution in [-0.2, 0) is 32.6 Å². The van der Waals surface area contributed by atoms with E-state index in [4.69, 9.17) is 34.8 Å². The van der Waals surface area contributed by atoms with Gasteiger partial charge >= 0.3 is 0 Å². The predicted octanol–water partition coefficient (Wildman–Crippen LogP) is 6.23. The summed E-state index contributed by atoms with van der Waals surface area (Å²) in [4.78, 5) is 28.9. The van der Waals surface area contributed by atoms with E-state index in [1.165, 1.54) is 42.3 Å². The molecular weight excluding hydrogens is 617 g/mol. The number of benzene rings is 4. The van der Waals surface area contributed by atoms with Crippen molar-refractivity contribution < 1.29 is 18.0 Å². The molecule has 2 amide bonds. The second kappa shape index (κ2) is 14.1. The van der Waals surface area contributed by atoms with Crippen LogP contribution < -0.4 is 9.62 Å². The van der Waals surface area contributed by atoms with Crippen molar-refractivity contribution in [3.8, 4) is 0 Å². The Morgan fingerprint density at radius 2 is 1.40 bits per heavy atom. The van der Waals surface area contributed by atoms with Gasteiger partial charge in [0.2, 0.25) is 11.8 Å². The van der Waals surface area contributed by atoms with E-state index in [1.54, 1.807) is 42.5 Å². The van der Waals surface area contributed by atoms with E-state index < -0.39 is 34.4 Å². The van der Waals surface area contributed by atoms with Gasteiger partial charge in [-0.2, -0.15) is 0 Å². The van der Waals surface area contributed by atoms with Crippen molar-refractivity contribution in [2.45, 2.75) is 23.9 Å². The van der Waals surface area contributed by atoms with Gasteiger partial charge in [0, 0.05) is 25.0 Å². The first-order chi connectivity index (χ1) is 20.1. The van der Waals surface area contributed by atoms with E-state index in [-0.39, 0.29) is 33.6 Å².